The minimum atomic E-state index is 0.432. The summed E-state index contributed by atoms with van der Waals surface area (Å²) < 4.78 is 11.0. The third-order valence-electron chi connectivity index (χ3n) is 3.04. The first kappa shape index (κ1) is 14.5. The molecule has 2 aromatic rings. The molecule has 0 spiro atoms. The predicted octanol–water partition coefficient (Wildman–Crippen LogP) is 4.13. The summed E-state index contributed by atoms with van der Waals surface area (Å²) in [5.41, 5.74) is 9.46. The molecule has 3 nitrogen and oxygen atoms in total. The van der Waals surface area contributed by atoms with E-state index in [9.17, 15) is 0 Å². The molecule has 0 saturated heterocycles. The summed E-state index contributed by atoms with van der Waals surface area (Å²) in [4.78, 5) is 0. The average Bonchev–Trinajstić information content (AvgIpc) is 2.41. The fourth-order valence-electron chi connectivity index (χ4n) is 2.04. The van der Waals surface area contributed by atoms with Crippen molar-refractivity contribution in [1.29, 1.82) is 0 Å². The van der Waals surface area contributed by atoms with Crippen LogP contribution in [0.1, 0.15) is 16.7 Å². The predicted molar refractivity (Wildman–Crippen MR) is 82.7 cm³/mol. The number of anilines is 1. The van der Waals surface area contributed by atoms with E-state index in [0.717, 1.165) is 33.2 Å². The smallest absolute Gasteiger partial charge is 0.121 e. The third kappa shape index (κ3) is 3.36. The van der Waals surface area contributed by atoms with E-state index in [2.05, 4.69) is 0 Å². The van der Waals surface area contributed by atoms with E-state index >= 15 is 0 Å². The fourth-order valence-corrected chi connectivity index (χ4v) is 2.15. The van der Waals surface area contributed by atoms with Gasteiger partial charge in [0, 0.05) is 16.8 Å². The second-order valence-corrected chi connectivity index (χ2v) is 5.15. The summed E-state index contributed by atoms with van der Waals surface area (Å²) in [6.07, 6.45) is 0. The van der Waals surface area contributed by atoms with Crippen LogP contribution in [0.2, 0.25) is 5.02 Å². The van der Waals surface area contributed by atoms with Crippen LogP contribution in [0.5, 0.6) is 11.5 Å². The van der Waals surface area contributed by atoms with E-state index in [4.69, 9.17) is 26.8 Å². The van der Waals surface area contributed by atoms with Crippen LogP contribution in [0.25, 0.3) is 0 Å². The van der Waals surface area contributed by atoms with E-state index in [0.29, 0.717) is 12.3 Å². The molecule has 0 heterocycles. The maximum Gasteiger partial charge on any atom is 0.121 e. The van der Waals surface area contributed by atoms with Crippen LogP contribution in [0.4, 0.5) is 5.69 Å². The number of hydrogen-bond donors (Lipinski definition) is 1. The van der Waals surface area contributed by atoms with Gasteiger partial charge in [-0.2, -0.15) is 0 Å². The lowest BCUT2D eigenvalue weighted by Crippen LogP contribution is -1.99. The molecule has 2 aromatic carbocycles. The van der Waals surface area contributed by atoms with Crippen LogP contribution in [-0.4, -0.2) is 7.11 Å². The second kappa shape index (κ2) is 6.06. The Morgan fingerprint density at radius 2 is 1.65 bits per heavy atom. The van der Waals surface area contributed by atoms with Gasteiger partial charge < -0.3 is 15.2 Å². The molecular formula is C16H18ClNO2. The fraction of sp³-hybridized carbons (Fsp3) is 0.250. The lowest BCUT2D eigenvalue weighted by molar-refractivity contribution is 0.305. The summed E-state index contributed by atoms with van der Waals surface area (Å²) in [5.74, 6) is 1.53. The molecule has 2 rings (SSSR count). The number of nitrogens with two attached hydrogens (primary N) is 1. The van der Waals surface area contributed by atoms with Crippen LogP contribution in [0.15, 0.2) is 30.3 Å². The zero-order chi connectivity index (χ0) is 14.7. The van der Waals surface area contributed by atoms with E-state index in [1.165, 1.54) is 0 Å². The zero-order valence-electron chi connectivity index (χ0n) is 11.9. The Morgan fingerprint density at radius 1 is 1.00 bits per heavy atom. The molecule has 20 heavy (non-hydrogen) atoms. The van der Waals surface area contributed by atoms with E-state index in [-0.39, 0.29) is 0 Å². The molecule has 0 unspecified atom stereocenters. The van der Waals surface area contributed by atoms with E-state index in [1.54, 1.807) is 13.2 Å². The van der Waals surface area contributed by atoms with Gasteiger partial charge in [0.2, 0.25) is 0 Å². The molecule has 0 bridgehead atoms. The van der Waals surface area contributed by atoms with Crippen LogP contribution in [0, 0.1) is 13.8 Å². The van der Waals surface area contributed by atoms with Gasteiger partial charge in [0.25, 0.3) is 0 Å². The SMILES string of the molecule is COc1cc(N)cc(COc2cc(C)c(Cl)c(C)c2)c1. The number of methoxy groups -OCH3 is 1. The Hall–Kier alpha value is -1.87. The molecule has 0 radical (unpaired) electrons. The first-order valence-corrected chi connectivity index (χ1v) is 6.70. The van der Waals surface area contributed by atoms with Gasteiger partial charge in [-0.1, -0.05) is 11.6 Å². The van der Waals surface area contributed by atoms with Gasteiger partial charge in [-0.25, -0.2) is 0 Å². The minimum Gasteiger partial charge on any atom is -0.497 e. The van der Waals surface area contributed by atoms with Crippen LogP contribution in [-0.2, 0) is 6.61 Å². The van der Waals surface area contributed by atoms with Crippen molar-refractivity contribution >= 4 is 17.3 Å². The van der Waals surface area contributed by atoms with Crippen molar-refractivity contribution < 1.29 is 9.47 Å². The van der Waals surface area contributed by atoms with Gasteiger partial charge in [-0.3, -0.25) is 0 Å². The van der Waals surface area contributed by atoms with E-state index < -0.39 is 0 Å². The van der Waals surface area contributed by atoms with Crippen molar-refractivity contribution in [3.8, 4) is 11.5 Å². The maximum atomic E-state index is 6.14. The van der Waals surface area contributed by atoms with Gasteiger partial charge >= 0.3 is 0 Å². The molecule has 0 aliphatic carbocycles. The molecule has 0 fully saturated rings. The topological polar surface area (TPSA) is 44.5 Å². The van der Waals surface area contributed by atoms with Crippen molar-refractivity contribution in [2.75, 3.05) is 12.8 Å². The zero-order valence-corrected chi connectivity index (χ0v) is 12.6. The molecule has 4 heteroatoms. The van der Waals surface area contributed by atoms with Crippen LogP contribution >= 0.6 is 11.6 Å². The molecule has 0 amide bonds. The molecule has 0 atom stereocenters. The summed E-state index contributed by atoms with van der Waals surface area (Å²) in [6.45, 7) is 4.36. The van der Waals surface area contributed by atoms with Crippen molar-refractivity contribution in [3.63, 3.8) is 0 Å². The number of benzene rings is 2. The maximum absolute atomic E-state index is 6.14. The minimum absolute atomic E-state index is 0.432. The first-order chi connectivity index (χ1) is 9.49. The molecule has 106 valence electrons. The normalized spacial score (nSPS) is 10.4. The van der Waals surface area contributed by atoms with Crippen molar-refractivity contribution in [2.45, 2.75) is 20.5 Å². The Morgan fingerprint density at radius 3 is 2.25 bits per heavy atom. The van der Waals surface area contributed by atoms with E-state index in [1.807, 2.05) is 38.1 Å². The van der Waals surface area contributed by atoms with Gasteiger partial charge in [-0.15, -0.1) is 0 Å². The highest BCUT2D eigenvalue weighted by molar-refractivity contribution is 6.32. The number of nitrogen functional groups attached to an aromatic ring is 1. The standard InChI is InChI=1S/C16H18ClNO2/c1-10-4-15(5-11(2)16(10)17)20-9-12-6-13(18)8-14(7-12)19-3/h4-8H,9,18H2,1-3H3. The van der Waals surface area contributed by atoms with Crippen molar-refractivity contribution in [2.24, 2.45) is 0 Å². The third-order valence-corrected chi connectivity index (χ3v) is 3.64. The number of aryl methyl sites for hydroxylation is 2. The number of ether oxygens (including phenoxy) is 2. The molecule has 0 aliphatic heterocycles. The summed E-state index contributed by atoms with van der Waals surface area (Å²) >= 11 is 6.14. The summed E-state index contributed by atoms with van der Waals surface area (Å²) in [6, 6.07) is 9.42. The lowest BCUT2D eigenvalue weighted by atomic mass is 10.1. The number of halogens is 1. The number of hydrogen-bond acceptors (Lipinski definition) is 3. The monoisotopic (exact) mass is 291 g/mol. The van der Waals surface area contributed by atoms with Crippen LogP contribution < -0.4 is 15.2 Å². The van der Waals surface area contributed by atoms with Gasteiger partial charge in [0.1, 0.15) is 18.1 Å². The lowest BCUT2D eigenvalue weighted by Gasteiger charge is -2.11. The Balaban J connectivity index is 2.14. The van der Waals surface area contributed by atoms with Crippen molar-refractivity contribution in [3.05, 3.63) is 52.0 Å². The Kier molecular flexibility index (Phi) is 4.40. The Bertz CT molecular complexity index is 603. The quantitative estimate of drug-likeness (QED) is 0.862. The van der Waals surface area contributed by atoms with Gasteiger partial charge in [-0.05, 0) is 54.8 Å². The molecule has 2 N–H and O–H groups in total. The highest BCUT2D eigenvalue weighted by atomic mass is 35.5. The largest absolute Gasteiger partial charge is 0.497 e. The van der Waals surface area contributed by atoms with Gasteiger partial charge in [0.05, 0.1) is 7.11 Å². The first-order valence-electron chi connectivity index (χ1n) is 6.32. The summed E-state index contributed by atoms with van der Waals surface area (Å²) in [5, 5.41) is 0.781. The molecule has 0 aliphatic rings. The highest BCUT2D eigenvalue weighted by Gasteiger charge is 2.05. The van der Waals surface area contributed by atoms with Gasteiger partial charge in [0.15, 0.2) is 0 Å². The summed E-state index contributed by atoms with van der Waals surface area (Å²) in [7, 11) is 1.62. The molecule has 0 aromatic heterocycles. The number of rotatable bonds is 4. The second-order valence-electron chi connectivity index (χ2n) is 4.77. The molecular weight excluding hydrogens is 274 g/mol. The van der Waals surface area contributed by atoms with Crippen molar-refractivity contribution in [1.82, 2.24) is 0 Å². The Labute approximate surface area is 124 Å². The highest BCUT2D eigenvalue weighted by Crippen LogP contribution is 2.27. The van der Waals surface area contributed by atoms with Crippen LogP contribution in [0.3, 0.4) is 0 Å². The molecule has 0 saturated carbocycles. The average molecular weight is 292 g/mol.